The predicted octanol–water partition coefficient (Wildman–Crippen LogP) is 9.37. The number of aliphatic carboxylic acids is 2. The molecule has 354 valence electrons. The first kappa shape index (κ1) is 51.0. The molecule has 0 aliphatic carbocycles. The number of rotatable bonds is 20. The normalized spacial score (nSPS) is 11.4. The van der Waals surface area contributed by atoms with Crippen molar-refractivity contribution in [3.63, 3.8) is 0 Å². The van der Waals surface area contributed by atoms with Crippen molar-refractivity contribution in [1.82, 2.24) is 0 Å². The number of carboxylic acids is 2. The van der Waals surface area contributed by atoms with Crippen LogP contribution in [0.4, 0.5) is 11.4 Å². The lowest BCUT2D eigenvalue weighted by Crippen LogP contribution is -2.16. The maximum atomic E-state index is 12.9. The zero-order valence-electron chi connectivity index (χ0n) is 38.2. The highest BCUT2D eigenvalue weighted by molar-refractivity contribution is 7.93. The molecule has 0 amide bonds. The first-order chi connectivity index (χ1) is 31.7. The molecule has 0 atom stereocenters. The van der Waals surface area contributed by atoms with Crippen LogP contribution in [0.25, 0.3) is 0 Å². The maximum Gasteiger partial charge on any atom is 0.307 e. The van der Waals surface area contributed by atoms with Gasteiger partial charge in [0.1, 0.15) is 49.4 Å². The minimum atomic E-state index is -3.72. The van der Waals surface area contributed by atoms with Crippen LogP contribution >= 0.6 is 0 Å². The monoisotopic (exact) mass is 952 g/mol. The van der Waals surface area contributed by atoms with Gasteiger partial charge in [-0.05, 0) is 116 Å². The lowest BCUT2D eigenvalue weighted by atomic mass is 9.87. The van der Waals surface area contributed by atoms with E-state index >= 15 is 0 Å². The van der Waals surface area contributed by atoms with E-state index in [-0.39, 0.29) is 54.5 Å². The molecule has 0 heterocycles. The van der Waals surface area contributed by atoms with Crippen molar-refractivity contribution in [2.24, 2.45) is 0 Å². The standard InChI is InChI=1S/C26H29NO6S.C25H27NO6S/c1-26(2,3)20-8-14-23(15-9-20)34(30,31)27-21-10-12-22(13-11-21)32-16-17-33-24-7-5-4-6-19(24)18-25(28)29;1-17-14-18(2)25(19(3)15-17)33(29,30)26-21-8-10-22(11-9-21)31-12-13-32-23-7-5-4-6-20(23)16-24(27)28/h4-15,27H,16-18H2,1-3H3,(H,28,29);4-11,14-15,26H,12-13,16H2,1-3H3,(H,27,28). The molecule has 0 spiro atoms. The number of carbonyl (C=O) groups is 2. The van der Waals surface area contributed by atoms with Crippen LogP contribution in [0.15, 0.2) is 143 Å². The lowest BCUT2D eigenvalue weighted by Gasteiger charge is -2.19. The van der Waals surface area contributed by atoms with Crippen LogP contribution in [-0.2, 0) is 47.9 Å². The fourth-order valence-electron chi connectivity index (χ4n) is 6.91. The molecule has 0 saturated carbocycles. The smallest absolute Gasteiger partial charge is 0.307 e. The van der Waals surface area contributed by atoms with Gasteiger partial charge in [-0.1, -0.05) is 87.0 Å². The van der Waals surface area contributed by atoms with Crippen LogP contribution in [0.5, 0.6) is 23.0 Å². The van der Waals surface area contributed by atoms with E-state index < -0.39 is 32.0 Å². The van der Waals surface area contributed by atoms with Crippen molar-refractivity contribution in [2.75, 3.05) is 35.9 Å². The Morgan fingerprint density at radius 3 is 1.31 bits per heavy atom. The highest BCUT2D eigenvalue weighted by atomic mass is 32.2. The average Bonchev–Trinajstić information content (AvgIpc) is 3.25. The third-order valence-electron chi connectivity index (χ3n) is 9.96. The largest absolute Gasteiger partial charge is 0.490 e. The molecular formula is C51H56N2O12S2. The maximum absolute atomic E-state index is 12.9. The van der Waals surface area contributed by atoms with Gasteiger partial charge in [-0.3, -0.25) is 19.0 Å². The molecule has 67 heavy (non-hydrogen) atoms. The van der Waals surface area contributed by atoms with E-state index in [1.54, 1.807) is 123 Å². The molecule has 0 aliphatic rings. The molecule has 4 N–H and O–H groups in total. The van der Waals surface area contributed by atoms with E-state index in [0.717, 1.165) is 11.1 Å². The fraction of sp³-hybridized carbons (Fsp3) is 0.255. The number of hydrogen-bond donors (Lipinski definition) is 4. The van der Waals surface area contributed by atoms with Gasteiger partial charge in [-0.2, -0.15) is 0 Å². The highest BCUT2D eigenvalue weighted by Gasteiger charge is 2.21. The molecule has 6 rings (SSSR count). The van der Waals surface area contributed by atoms with Crippen LogP contribution in [0.2, 0.25) is 0 Å². The van der Waals surface area contributed by atoms with Gasteiger partial charge in [0.25, 0.3) is 20.0 Å². The molecule has 0 fully saturated rings. The second-order valence-corrected chi connectivity index (χ2v) is 19.8. The van der Waals surface area contributed by atoms with Crippen LogP contribution < -0.4 is 28.4 Å². The van der Waals surface area contributed by atoms with E-state index in [0.29, 0.717) is 56.6 Å². The van der Waals surface area contributed by atoms with Crippen molar-refractivity contribution in [2.45, 2.75) is 69.6 Å². The summed E-state index contributed by atoms with van der Waals surface area (Å²) < 4.78 is 78.9. The number of ether oxygens (including phenoxy) is 4. The Kier molecular flexibility index (Phi) is 17.4. The number of sulfonamides is 2. The number of anilines is 2. The van der Waals surface area contributed by atoms with Gasteiger partial charge in [0, 0.05) is 22.5 Å². The molecule has 0 saturated heterocycles. The van der Waals surface area contributed by atoms with Gasteiger partial charge in [-0.15, -0.1) is 0 Å². The molecule has 0 aromatic heterocycles. The average molecular weight is 953 g/mol. The SMILES string of the molecule is CC(C)(C)c1ccc(S(=O)(=O)Nc2ccc(OCCOc3ccccc3CC(=O)O)cc2)cc1.Cc1cc(C)c(S(=O)(=O)Nc2ccc(OCCOc3ccccc3CC(=O)O)cc2)c(C)c1. The number of para-hydroxylation sites is 2. The first-order valence-electron chi connectivity index (χ1n) is 21.2. The van der Waals surface area contributed by atoms with Crippen molar-refractivity contribution in [3.8, 4) is 23.0 Å². The van der Waals surface area contributed by atoms with Gasteiger partial charge in [-0.25, -0.2) is 16.8 Å². The molecule has 0 unspecified atom stereocenters. The van der Waals surface area contributed by atoms with Crippen LogP contribution in [0.1, 0.15) is 54.2 Å². The third kappa shape index (κ3) is 15.5. The Balaban J connectivity index is 0.000000251. The molecular weight excluding hydrogens is 897 g/mol. The second-order valence-electron chi connectivity index (χ2n) is 16.5. The second kappa shape index (κ2) is 22.9. The fourth-order valence-corrected chi connectivity index (χ4v) is 9.49. The lowest BCUT2D eigenvalue weighted by molar-refractivity contribution is -0.137. The van der Waals surface area contributed by atoms with Crippen LogP contribution in [-0.4, -0.2) is 65.4 Å². The Labute approximate surface area is 392 Å². The highest BCUT2D eigenvalue weighted by Crippen LogP contribution is 2.27. The molecule has 0 radical (unpaired) electrons. The summed E-state index contributed by atoms with van der Waals surface area (Å²) in [6, 6.07) is 37.7. The minimum Gasteiger partial charge on any atom is -0.490 e. The summed E-state index contributed by atoms with van der Waals surface area (Å²) >= 11 is 0. The zero-order valence-corrected chi connectivity index (χ0v) is 39.9. The quantitative estimate of drug-likeness (QED) is 0.0529. The Bertz CT molecular complexity index is 2820. The Morgan fingerprint density at radius 1 is 0.522 bits per heavy atom. The van der Waals surface area contributed by atoms with E-state index in [1.165, 1.54) is 0 Å². The van der Waals surface area contributed by atoms with Gasteiger partial charge in [0.05, 0.1) is 22.6 Å². The number of aryl methyl sites for hydroxylation is 3. The van der Waals surface area contributed by atoms with Crippen molar-refractivity contribution in [1.29, 1.82) is 0 Å². The summed E-state index contributed by atoms with van der Waals surface area (Å²) in [7, 11) is -7.43. The van der Waals surface area contributed by atoms with Gasteiger partial charge < -0.3 is 29.2 Å². The summed E-state index contributed by atoms with van der Waals surface area (Å²) in [6.45, 7) is 12.7. The zero-order chi connectivity index (χ0) is 48.8. The molecule has 14 nitrogen and oxygen atoms in total. The van der Waals surface area contributed by atoms with Gasteiger partial charge in [0.15, 0.2) is 0 Å². The predicted molar refractivity (Wildman–Crippen MR) is 258 cm³/mol. The van der Waals surface area contributed by atoms with Crippen LogP contribution in [0, 0.1) is 20.8 Å². The van der Waals surface area contributed by atoms with E-state index in [1.807, 2.05) is 31.2 Å². The minimum absolute atomic E-state index is 0.0571. The van der Waals surface area contributed by atoms with E-state index in [4.69, 9.17) is 29.2 Å². The van der Waals surface area contributed by atoms with Crippen LogP contribution in [0.3, 0.4) is 0 Å². The summed E-state index contributed by atoms with van der Waals surface area (Å²) in [6.07, 6.45) is -0.231. The molecule has 6 aromatic carbocycles. The molecule has 0 bridgehead atoms. The van der Waals surface area contributed by atoms with E-state index in [9.17, 15) is 26.4 Å². The van der Waals surface area contributed by atoms with Gasteiger partial charge >= 0.3 is 11.9 Å². The Hall–Kier alpha value is -7.04. The third-order valence-corrected chi connectivity index (χ3v) is 13.0. The van der Waals surface area contributed by atoms with Crippen molar-refractivity contribution >= 4 is 43.4 Å². The number of hydrogen-bond acceptors (Lipinski definition) is 10. The topological polar surface area (TPSA) is 204 Å². The first-order valence-corrected chi connectivity index (χ1v) is 24.2. The van der Waals surface area contributed by atoms with Crippen molar-refractivity contribution in [3.05, 3.63) is 167 Å². The molecule has 6 aromatic rings. The Morgan fingerprint density at radius 2 is 0.910 bits per heavy atom. The summed E-state index contributed by atoms with van der Waals surface area (Å²) in [4.78, 5) is 22.4. The summed E-state index contributed by atoms with van der Waals surface area (Å²) in [5.41, 5.74) is 5.46. The number of nitrogens with one attached hydrogen (secondary N) is 2. The number of benzene rings is 6. The summed E-state index contributed by atoms with van der Waals surface area (Å²) in [5.74, 6) is 0.280. The number of carboxylic acid groups (broad SMARTS) is 2. The molecule has 0 aliphatic heterocycles. The molecule has 16 heteroatoms. The summed E-state index contributed by atoms with van der Waals surface area (Å²) in [5, 5.41) is 18.0. The van der Waals surface area contributed by atoms with Crippen molar-refractivity contribution < 1.29 is 55.6 Å². The van der Waals surface area contributed by atoms with E-state index in [2.05, 4.69) is 30.2 Å². The van der Waals surface area contributed by atoms with Gasteiger partial charge in [0.2, 0.25) is 0 Å².